The van der Waals surface area contributed by atoms with Crippen molar-refractivity contribution in [3.8, 4) is 5.69 Å². The second-order valence-corrected chi connectivity index (χ2v) is 6.20. The van der Waals surface area contributed by atoms with Crippen LogP contribution in [-0.2, 0) is 6.42 Å². The van der Waals surface area contributed by atoms with Crippen LogP contribution in [0.25, 0.3) is 5.69 Å². The number of hydrogen-bond acceptors (Lipinski definition) is 3. The second kappa shape index (κ2) is 7.27. The summed E-state index contributed by atoms with van der Waals surface area (Å²) in [5, 5.41) is 9.50. The minimum Gasteiger partial charge on any atom is -0.274 e. The average molecular weight is 309 g/mol. The maximum absolute atomic E-state index is 4.31. The van der Waals surface area contributed by atoms with E-state index in [1.54, 1.807) is 11.8 Å². The first-order valence-electron chi connectivity index (χ1n) is 7.49. The molecule has 0 aliphatic heterocycles. The lowest BCUT2D eigenvalue weighted by Crippen LogP contribution is -1.99. The van der Waals surface area contributed by atoms with Crippen LogP contribution in [0.3, 0.4) is 0 Å². The van der Waals surface area contributed by atoms with E-state index in [2.05, 4.69) is 57.2 Å². The monoisotopic (exact) mass is 309 g/mol. The Morgan fingerprint density at radius 3 is 2.32 bits per heavy atom. The standard InChI is InChI=1S/C18H19N3S/c1-15-19-20-18(21(15)17-12-6-3-7-13-17)22-14-8-11-16-9-4-2-5-10-16/h2-7,9-10,12-13H,8,11,14H2,1H3. The molecular weight excluding hydrogens is 290 g/mol. The quantitative estimate of drug-likeness (QED) is 0.502. The van der Waals surface area contributed by atoms with Gasteiger partial charge >= 0.3 is 0 Å². The summed E-state index contributed by atoms with van der Waals surface area (Å²) in [7, 11) is 0. The van der Waals surface area contributed by atoms with Gasteiger partial charge in [0.1, 0.15) is 5.82 Å². The normalized spacial score (nSPS) is 10.8. The predicted molar refractivity (Wildman–Crippen MR) is 91.6 cm³/mol. The van der Waals surface area contributed by atoms with E-state index in [4.69, 9.17) is 0 Å². The zero-order chi connectivity index (χ0) is 15.2. The Labute approximate surface area is 135 Å². The Morgan fingerprint density at radius 2 is 1.59 bits per heavy atom. The first-order valence-corrected chi connectivity index (χ1v) is 8.47. The number of aryl methyl sites for hydroxylation is 2. The van der Waals surface area contributed by atoms with Crippen LogP contribution in [0.15, 0.2) is 65.8 Å². The highest BCUT2D eigenvalue weighted by atomic mass is 32.2. The highest BCUT2D eigenvalue weighted by molar-refractivity contribution is 7.99. The maximum atomic E-state index is 4.31. The molecule has 0 N–H and O–H groups in total. The number of rotatable bonds is 6. The molecule has 0 unspecified atom stereocenters. The third-order valence-electron chi connectivity index (χ3n) is 3.49. The molecule has 3 aromatic rings. The van der Waals surface area contributed by atoms with E-state index in [1.807, 2.05) is 25.1 Å². The Hall–Kier alpha value is -2.07. The molecule has 0 aliphatic carbocycles. The fourth-order valence-corrected chi connectivity index (χ4v) is 3.33. The van der Waals surface area contributed by atoms with E-state index in [1.165, 1.54) is 5.56 Å². The zero-order valence-corrected chi connectivity index (χ0v) is 13.5. The number of aromatic nitrogens is 3. The molecule has 3 nitrogen and oxygen atoms in total. The molecule has 1 aromatic heterocycles. The molecule has 0 fully saturated rings. The van der Waals surface area contributed by atoms with Crippen LogP contribution in [0, 0.1) is 6.92 Å². The number of thioether (sulfide) groups is 1. The zero-order valence-electron chi connectivity index (χ0n) is 12.6. The van der Waals surface area contributed by atoms with Crippen LogP contribution < -0.4 is 0 Å². The van der Waals surface area contributed by atoms with Crippen molar-refractivity contribution in [2.24, 2.45) is 0 Å². The van der Waals surface area contributed by atoms with E-state index in [0.717, 1.165) is 35.3 Å². The van der Waals surface area contributed by atoms with Crippen molar-refractivity contribution < 1.29 is 0 Å². The SMILES string of the molecule is Cc1nnc(SCCCc2ccccc2)n1-c1ccccc1. The lowest BCUT2D eigenvalue weighted by molar-refractivity contribution is 0.861. The predicted octanol–water partition coefficient (Wildman–Crippen LogP) is 4.30. The lowest BCUT2D eigenvalue weighted by Gasteiger charge is -2.08. The summed E-state index contributed by atoms with van der Waals surface area (Å²) in [5.41, 5.74) is 2.51. The summed E-state index contributed by atoms with van der Waals surface area (Å²) < 4.78 is 2.12. The maximum Gasteiger partial charge on any atom is 0.195 e. The second-order valence-electron chi connectivity index (χ2n) is 5.14. The van der Waals surface area contributed by atoms with Gasteiger partial charge in [-0.3, -0.25) is 4.57 Å². The van der Waals surface area contributed by atoms with Gasteiger partial charge in [0.2, 0.25) is 0 Å². The summed E-state index contributed by atoms with van der Waals surface area (Å²) in [5.74, 6) is 1.97. The van der Waals surface area contributed by atoms with Gasteiger partial charge in [0.05, 0.1) is 0 Å². The van der Waals surface area contributed by atoms with E-state index < -0.39 is 0 Å². The first-order chi connectivity index (χ1) is 10.8. The summed E-state index contributed by atoms with van der Waals surface area (Å²) in [6, 6.07) is 20.9. The van der Waals surface area contributed by atoms with Crippen LogP contribution in [-0.4, -0.2) is 20.5 Å². The molecule has 0 atom stereocenters. The Balaban J connectivity index is 1.62. The van der Waals surface area contributed by atoms with Crippen molar-refractivity contribution in [2.75, 3.05) is 5.75 Å². The summed E-state index contributed by atoms with van der Waals surface area (Å²) >= 11 is 1.77. The molecule has 4 heteroatoms. The molecule has 2 aromatic carbocycles. The van der Waals surface area contributed by atoms with Crippen molar-refractivity contribution >= 4 is 11.8 Å². The van der Waals surface area contributed by atoms with E-state index >= 15 is 0 Å². The highest BCUT2D eigenvalue weighted by Crippen LogP contribution is 2.22. The van der Waals surface area contributed by atoms with Crippen molar-refractivity contribution in [3.63, 3.8) is 0 Å². The van der Waals surface area contributed by atoms with Gasteiger partial charge in [-0.15, -0.1) is 10.2 Å². The van der Waals surface area contributed by atoms with Gasteiger partial charge in [-0.05, 0) is 37.5 Å². The van der Waals surface area contributed by atoms with Gasteiger partial charge in [-0.25, -0.2) is 0 Å². The van der Waals surface area contributed by atoms with Crippen molar-refractivity contribution in [2.45, 2.75) is 24.9 Å². The van der Waals surface area contributed by atoms with E-state index in [-0.39, 0.29) is 0 Å². The summed E-state index contributed by atoms with van der Waals surface area (Å²) in [6.07, 6.45) is 2.24. The van der Waals surface area contributed by atoms with Gasteiger partial charge in [0.15, 0.2) is 5.16 Å². The third-order valence-corrected chi connectivity index (χ3v) is 4.51. The Morgan fingerprint density at radius 1 is 0.909 bits per heavy atom. The van der Waals surface area contributed by atoms with Gasteiger partial charge in [0, 0.05) is 11.4 Å². The molecule has 22 heavy (non-hydrogen) atoms. The van der Waals surface area contributed by atoms with Crippen LogP contribution in [0.1, 0.15) is 17.8 Å². The molecule has 0 aliphatic rings. The topological polar surface area (TPSA) is 30.7 Å². The minimum atomic E-state index is 0.928. The fourth-order valence-electron chi connectivity index (χ4n) is 2.40. The molecule has 0 bridgehead atoms. The molecule has 1 heterocycles. The molecule has 0 radical (unpaired) electrons. The number of para-hydroxylation sites is 1. The average Bonchev–Trinajstić information content (AvgIpc) is 2.94. The molecule has 112 valence electrons. The molecule has 0 spiro atoms. The van der Waals surface area contributed by atoms with Crippen LogP contribution in [0.4, 0.5) is 0 Å². The van der Waals surface area contributed by atoms with Crippen molar-refractivity contribution in [3.05, 3.63) is 72.1 Å². The molecule has 0 saturated heterocycles. The Bertz CT molecular complexity index is 708. The van der Waals surface area contributed by atoms with E-state index in [0.29, 0.717) is 0 Å². The van der Waals surface area contributed by atoms with Gasteiger partial charge in [0.25, 0.3) is 0 Å². The van der Waals surface area contributed by atoms with Crippen LogP contribution >= 0.6 is 11.8 Å². The number of benzene rings is 2. The smallest absolute Gasteiger partial charge is 0.195 e. The van der Waals surface area contributed by atoms with Gasteiger partial charge in [-0.2, -0.15) is 0 Å². The van der Waals surface area contributed by atoms with Gasteiger partial charge < -0.3 is 0 Å². The summed E-state index contributed by atoms with van der Waals surface area (Å²) in [6.45, 7) is 1.99. The molecule has 0 amide bonds. The number of hydrogen-bond donors (Lipinski definition) is 0. The lowest BCUT2D eigenvalue weighted by atomic mass is 10.1. The summed E-state index contributed by atoms with van der Waals surface area (Å²) in [4.78, 5) is 0. The van der Waals surface area contributed by atoms with Crippen LogP contribution in [0.2, 0.25) is 0 Å². The fraction of sp³-hybridized carbons (Fsp3) is 0.222. The first kappa shape index (κ1) is 14.9. The number of nitrogens with zero attached hydrogens (tertiary/aromatic N) is 3. The third kappa shape index (κ3) is 3.57. The largest absolute Gasteiger partial charge is 0.274 e. The highest BCUT2D eigenvalue weighted by Gasteiger charge is 2.10. The molecular formula is C18H19N3S. The van der Waals surface area contributed by atoms with Gasteiger partial charge in [-0.1, -0.05) is 60.3 Å². The van der Waals surface area contributed by atoms with Crippen LogP contribution in [0.5, 0.6) is 0 Å². The van der Waals surface area contributed by atoms with Crippen molar-refractivity contribution in [1.29, 1.82) is 0 Å². The van der Waals surface area contributed by atoms with Crippen molar-refractivity contribution in [1.82, 2.24) is 14.8 Å². The molecule has 0 saturated carbocycles. The van der Waals surface area contributed by atoms with E-state index in [9.17, 15) is 0 Å². The molecule has 3 rings (SSSR count). The Kier molecular flexibility index (Phi) is 4.91. The minimum absolute atomic E-state index is 0.928.